The van der Waals surface area contributed by atoms with Crippen LogP contribution < -0.4 is 5.73 Å². The van der Waals surface area contributed by atoms with Crippen molar-refractivity contribution in [3.63, 3.8) is 0 Å². The van der Waals surface area contributed by atoms with Crippen molar-refractivity contribution in [2.24, 2.45) is 5.73 Å². The average molecular weight is 305 g/mol. The first-order chi connectivity index (χ1) is 7.99. The Bertz CT molecular complexity index is 467. The Balaban J connectivity index is 2.28. The van der Waals surface area contributed by atoms with Crippen LogP contribution in [-0.4, -0.2) is 29.9 Å². The SMILES string of the molecule is N[C@@H]1CCN(C(=O)c2cc(F)c(F)cc2Br)C1. The van der Waals surface area contributed by atoms with Crippen molar-refractivity contribution in [1.82, 2.24) is 4.90 Å². The van der Waals surface area contributed by atoms with E-state index < -0.39 is 11.6 Å². The lowest BCUT2D eigenvalue weighted by molar-refractivity contribution is 0.0789. The van der Waals surface area contributed by atoms with E-state index in [1.165, 1.54) is 0 Å². The molecule has 0 spiro atoms. The Morgan fingerprint density at radius 3 is 2.65 bits per heavy atom. The summed E-state index contributed by atoms with van der Waals surface area (Å²) < 4.78 is 26.3. The number of nitrogens with two attached hydrogens (primary N) is 1. The van der Waals surface area contributed by atoms with E-state index in [1.807, 2.05) is 0 Å². The lowest BCUT2D eigenvalue weighted by Gasteiger charge is -2.16. The van der Waals surface area contributed by atoms with E-state index in [0.29, 0.717) is 13.1 Å². The van der Waals surface area contributed by atoms with Crippen LogP contribution >= 0.6 is 15.9 Å². The molecule has 1 fully saturated rings. The number of carbonyl (C=O) groups excluding carboxylic acids is 1. The molecule has 17 heavy (non-hydrogen) atoms. The summed E-state index contributed by atoms with van der Waals surface area (Å²) in [5.41, 5.74) is 5.82. The first kappa shape index (κ1) is 12.4. The first-order valence-corrected chi connectivity index (χ1v) is 5.97. The molecule has 3 nitrogen and oxygen atoms in total. The minimum atomic E-state index is -1.03. The number of nitrogens with zero attached hydrogens (tertiary/aromatic N) is 1. The van der Waals surface area contributed by atoms with Gasteiger partial charge in [-0.3, -0.25) is 4.79 Å². The number of rotatable bonds is 1. The van der Waals surface area contributed by atoms with E-state index in [-0.39, 0.29) is 22.0 Å². The number of hydrogen-bond donors (Lipinski definition) is 1. The Hall–Kier alpha value is -1.01. The van der Waals surface area contributed by atoms with Gasteiger partial charge in [0.2, 0.25) is 0 Å². The van der Waals surface area contributed by atoms with Gasteiger partial charge >= 0.3 is 0 Å². The first-order valence-electron chi connectivity index (χ1n) is 5.18. The van der Waals surface area contributed by atoms with E-state index in [2.05, 4.69) is 15.9 Å². The predicted molar refractivity (Wildman–Crippen MR) is 62.6 cm³/mol. The van der Waals surface area contributed by atoms with Gasteiger partial charge in [-0.05, 0) is 34.5 Å². The second-order valence-corrected chi connectivity index (χ2v) is 4.90. The lowest BCUT2D eigenvalue weighted by atomic mass is 10.2. The normalized spacial score (nSPS) is 19.8. The zero-order valence-corrected chi connectivity index (χ0v) is 10.5. The molecule has 1 atom stereocenters. The van der Waals surface area contributed by atoms with Crippen LogP contribution in [-0.2, 0) is 0 Å². The van der Waals surface area contributed by atoms with Crippen LogP contribution in [0, 0.1) is 11.6 Å². The van der Waals surface area contributed by atoms with Crippen LogP contribution in [0.2, 0.25) is 0 Å². The maximum Gasteiger partial charge on any atom is 0.255 e. The molecule has 1 aromatic rings. The summed E-state index contributed by atoms with van der Waals surface area (Å²) >= 11 is 3.06. The summed E-state index contributed by atoms with van der Waals surface area (Å²) in [6.07, 6.45) is 0.729. The second-order valence-electron chi connectivity index (χ2n) is 4.05. The smallest absolute Gasteiger partial charge is 0.255 e. The van der Waals surface area contributed by atoms with Crippen molar-refractivity contribution in [3.05, 3.63) is 33.8 Å². The highest BCUT2D eigenvalue weighted by molar-refractivity contribution is 9.10. The van der Waals surface area contributed by atoms with Crippen LogP contribution in [0.5, 0.6) is 0 Å². The summed E-state index contributed by atoms with van der Waals surface area (Å²) in [4.78, 5) is 13.6. The maximum atomic E-state index is 13.1. The molecule has 1 aliphatic rings. The van der Waals surface area contributed by atoms with E-state index in [0.717, 1.165) is 18.6 Å². The van der Waals surface area contributed by atoms with Crippen LogP contribution in [0.25, 0.3) is 0 Å². The highest BCUT2D eigenvalue weighted by Gasteiger charge is 2.26. The molecule has 1 aliphatic heterocycles. The average Bonchev–Trinajstić information content (AvgIpc) is 2.69. The fraction of sp³-hybridized carbons (Fsp3) is 0.364. The molecule has 0 bridgehead atoms. The largest absolute Gasteiger partial charge is 0.337 e. The number of halogens is 3. The summed E-state index contributed by atoms with van der Waals surface area (Å²) in [7, 11) is 0. The summed E-state index contributed by atoms with van der Waals surface area (Å²) in [5.74, 6) is -2.34. The highest BCUT2D eigenvalue weighted by Crippen LogP contribution is 2.23. The van der Waals surface area contributed by atoms with Crippen molar-refractivity contribution in [2.75, 3.05) is 13.1 Å². The molecule has 1 heterocycles. The molecule has 0 unspecified atom stereocenters. The van der Waals surface area contributed by atoms with Crippen molar-refractivity contribution in [1.29, 1.82) is 0 Å². The number of likely N-dealkylation sites (tertiary alicyclic amines) is 1. The summed E-state index contributed by atoms with van der Waals surface area (Å²) in [6, 6.07) is 1.83. The van der Waals surface area contributed by atoms with E-state index in [4.69, 9.17) is 5.73 Å². The quantitative estimate of drug-likeness (QED) is 0.806. The van der Waals surface area contributed by atoms with Crippen LogP contribution in [0.4, 0.5) is 8.78 Å². The molecule has 6 heteroatoms. The van der Waals surface area contributed by atoms with Gasteiger partial charge in [-0.2, -0.15) is 0 Å². The van der Waals surface area contributed by atoms with E-state index in [9.17, 15) is 13.6 Å². The second kappa shape index (κ2) is 4.70. The third-order valence-corrected chi connectivity index (χ3v) is 3.41. The number of carbonyl (C=O) groups is 1. The maximum absolute atomic E-state index is 13.1. The Morgan fingerprint density at radius 2 is 2.06 bits per heavy atom. The Labute approximate surface area is 106 Å². The number of hydrogen-bond acceptors (Lipinski definition) is 2. The van der Waals surface area contributed by atoms with Gasteiger partial charge in [-0.15, -0.1) is 0 Å². The molecule has 0 aliphatic carbocycles. The molecule has 2 N–H and O–H groups in total. The van der Waals surface area contributed by atoms with Gasteiger partial charge in [-0.1, -0.05) is 0 Å². The molecule has 0 radical (unpaired) electrons. The predicted octanol–water partition coefficient (Wildman–Crippen LogP) is 1.90. The fourth-order valence-electron chi connectivity index (χ4n) is 1.83. The highest BCUT2D eigenvalue weighted by atomic mass is 79.9. The zero-order valence-electron chi connectivity index (χ0n) is 8.92. The molecular weight excluding hydrogens is 294 g/mol. The monoisotopic (exact) mass is 304 g/mol. The summed E-state index contributed by atoms with van der Waals surface area (Å²) in [5, 5.41) is 0. The molecular formula is C11H11BrF2N2O. The molecule has 92 valence electrons. The van der Waals surface area contributed by atoms with Gasteiger partial charge in [-0.25, -0.2) is 8.78 Å². The molecule has 1 amide bonds. The van der Waals surface area contributed by atoms with Crippen LogP contribution in [0.3, 0.4) is 0 Å². The van der Waals surface area contributed by atoms with Crippen molar-refractivity contribution in [3.8, 4) is 0 Å². The Kier molecular flexibility index (Phi) is 3.44. The molecule has 2 rings (SSSR count). The topological polar surface area (TPSA) is 46.3 Å². The third kappa shape index (κ3) is 2.47. The van der Waals surface area contributed by atoms with Gasteiger partial charge in [0.25, 0.3) is 5.91 Å². The zero-order chi connectivity index (χ0) is 12.6. The standard InChI is InChI=1S/C11H11BrF2N2O/c12-8-4-10(14)9(13)3-7(8)11(17)16-2-1-6(15)5-16/h3-4,6H,1-2,5,15H2/t6-/m1/s1. The molecule has 1 saturated heterocycles. The van der Waals surface area contributed by atoms with E-state index >= 15 is 0 Å². The fourth-order valence-corrected chi connectivity index (χ4v) is 2.31. The molecule has 1 aromatic carbocycles. The molecule has 0 aromatic heterocycles. The Morgan fingerprint density at radius 1 is 1.41 bits per heavy atom. The minimum absolute atomic E-state index is 0.0389. The van der Waals surface area contributed by atoms with Crippen LogP contribution in [0.15, 0.2) is 16.6 Å². The van der Waals surface area contributed by atoms with Gasteiger partial charge < -0.3 is 10.6 Å². The van der Waals surface area contributed by atoms with Gasteiger partial charge in [0, 0.05) is 23.6 Å². The van der Waals surface area contributed by atoms with Crippen LogP contribution in [0.1, 0.15) is 16.8 Å². The minimum Gasteiger partial charge on any atom is -0.337 e. The third-order valence-electron chi connectivity index (χ3n) is 2.75. The number of benzene rings is 1. The van der Waals surface area contributed by atoms with Crippen molar-refractivity contribution < 1.29 is 13.6 Å². The van der Waals surface area contributed by atoms with Crippen molar-refractivity contribution >= 4 is 21.8 Å². The molecule has 0 saturated carbocycles. The van der Waals surface area contributed by atoms with Gasteiger partial charge in [0.05, 0.1) is 5.56 Å². The lowest BCUT2D eigenvalue weighted by Crippen LogP contribution is -2.32. The number of amides is 1. The van der Waals surface area contributed by atoms with Gasteiger partial charge in [0.15, 0.2) is 11.6 Å². The van der Waals surface area contributed by atoms with Crippen molar-refractivity contribution in [2.45, 2.75) is 12.5 Å². The van der Waals surface area contributed by atoms with Gasteiger partial charge in [0.1, 0.15) is 0 Å². The summed E-state index contributed by atoms with van der Waals surface area (Å²) in [6.45, 7) is 0.996. The van der Waals surface area contributed by atoms with E-state index in [1.54, 1.807) is 4.90 Å².